The molecular formula is C9H11N5O2S. The van der Waals surface area contributed by atoms with E-state index in [2.05, 4.69) is 25.5 Å². The summed E-state index contributed by atoms with van der Waals surface area (Å²) >= 11 is 1.30. The maximum absolute atomic E-state index is 10.8. The van der Waals surface area contributed by atoms with Gasteiger partial charge in [-0.1, -0.05) is 0 Å². The Labute approximate surface area is 101 Å². The van der Waals surface area contributed by atoms with Gasteiger partial charge in [-0.15, -0.1) is 11.3 Å². The van der Waals surface area contributed by atoms with Crippen molar-refractivity contribution in [2.75, 3.05) is 5.32 Å². The number of rotatable bonds is 4. The Balaban J connectivity index is 2.14. The molecule has 0 fully saturated rings. The summed E-state index contributed by atoms with van der Waals surface area (Å²) < 4.78 is 0. The number of nitrogens with one attached hydrogen (secondary N) is 2. The molecule has 0 bridgehead atoms. The lowest BCUT2D eigenvalue weighted by atomic mass is 10.3. The van der Waals surface area contributed by atoms with Crippen molar-refractivity contribution in [3.63, 3.8) is 0 Å². The number of anilines is 1. The minimum atomic E-state index is -1.01. The molecule has 2 aromatic heterocycles. The molecule has 0 saturated heterocycles. The highest BCUT2D eigenvalue weighted by Crippen LogP contribution is 2.25. The molecule has 2 aromatic rings. The molecule has 1 atom stereocenters. The number of nitrogens with zero attached hydrogens (tertiary/aromatic N) is 3. The predicted molar refractivity (Wildman–Crippen MR) is 62.2 cm³/mol. The zero-order valence-corrected chi connectivity index (χ0v) is 10.1. The molecule has 2 rings (SSSR count). The van der Waals surface area contributed by atoms with Crippen LogP contribution in [0.5, 0.6) is 0 Å². The fourth-order valence-electron chi connectivity index (χ4n) is 1.33. The number of carboxylic acid groups (broad SMARTS) is 1. The lowest BCUT2D eigenvalue weighted by Gasteiger charge is -2.08. The van der Waals surface area contributed by atoms with Crippen molar-refractivity contribution in [3.05, 3.63) is 22.7 Å². The van der Waals surface area contributed by atoms with Crippen molar-refractivity contribution >= 4 is 22.4 Å². The van der Waals surface area contributed by atoms with E-state index in [1.807, 2.05) is 6.92 Å². The summed E-state index contributed by atoms with van der Waals surface area (Å²) in [6.07, 6.45) is 1.42. The Bertz CT molecular complexity index is 521. The molecule has 2 heterocycles. The third-order valence-electron chi connectivity index (χ3n) is 2.18. The number of hydrogen-bond donors (Lipinski definition) is 3. The van der Waals surface area contributed by atoms with Crippen LogP contribution in [0.25, 0.3) is 0 Å². The highest BCUT2D eigenvalue weighted by atomic mass is 32.1. The van der Waals surface area contributed by atoms with Gasteiger partial charge in [0.15, 0.2) is 10.8 Å². The van der Waals surface area contributed by atoms with Gasteiger partial charge in [0.2, 0.25) is 0 Å². The van der Waals surface area contributed by atoms with Crippen molar-refractivity contribution in [1.82, 2.24) is 20.2 Å². The quantitative estimate of drug-likeness (QED) is 0.761. The molecule has 0 aliphatic rings. The zero-order valence-electron chi connectivity index (χ0n) is 9.26. The second-order valence-electron chi connectivity index (χ2n) is 3.47. The summed E-state index contributed by atoms with van der Waals surface area (Å²) in [7, 11) is 0. The van der Waals surface area contributed by atoms with Crippen molar-refractivity contribution < 1.29 is 9.90 Å². The molecule has 0 aromatic carbocycles. The fourth-order valence-corrected chi connectivity index (χ4v) is 2.23. The Morgan fingerprint density at radius 2 is 2.41 bits per heavy atom. The van der Waals surface area contributed by atoms with E-state index in [0.717, 1.165) is 0 Å². The summed E-state index contributed by atoms with van der Waals surface area (Å²) in [5, 5.41) is 19.0. The van der Waals surface area contributed by atoms with Crippen LogP contribution in [0.15, 0.2) is 6.33 Å². The average Bonchev–Trinajstić information content (AvgIpc) is 2.86. The maximum Gasteiger partial charge on any atom is 0.355 e. The number of H-pyrrole nitrogens is 1. The number of carbonyl (C=O) groups is 1. The van der Waals surface area contributed by atoms with Gasteiger partial charge in [-0.3, -0.25) is 5.10 Å². The Kier molecular flexibility index (Phi) is 3.05. The van der Waals surface area contributed by atoms with Crippen molar-refractivity contribution in [2.24, 2.45) is 0 Å². The van der Waals surface area contributed by atoms with E-state index in [4.69, 9.17) is 5.11 Å². The van der Waals surface area contributed by atoms with Crippen LogP contribution < -0.4 is 5.32 Å². The van der Waals surface area contributed by atoms with E-state index in [1.54, 1.807) is 6.92 Å². The van der Waals surface area contributed by atoms with Crippen LogP contribution in [0.4, 0.5) is 5.13 Å². The van der Waals surface area contributed by atoms with Crippen molar-refractivity contribution in [1.29, 1.82) is 0 Å². The monoisotopic (exact) mass is 253 g/mol. The molecule has 0 aliphatic carbocycles. The molecule has 0 aliphatic heterocycles. The third-order valence-corrected chi connectivity index (χ3v) is 3.08. The van der Waals surface area contributed by atoms with E-state index in [1.165, 1.54) is 17.7 Å². The first-order chi connectivity index (χ1) is 8.08. The molecule has 0 saturated carbocycles. The lowest BCUT2D eigenvalue weighted by Crippen LogP contribution is -2.08. The minimum Gasteiger partial charge on any atom is -0.476 e. The van der Waals surface area contributed by atoms with Crippen LogP contribution in [0.3, 0.4) is 0 Å². The molecule has 3 N–H and O–H groups in total. The van der Waals surface area contributed by atoms with Gasteiger partial charge in [0.1, 0.15) is 12.2 Å². The molecular weight excluding hydrogens is 242 g/mol. The molecule has 7 nitrogen and oxygen atoms in total. The summed E-state index contributed by atoms with van der Waals surface area (Å²) in [5.74, 6) is -0.339. The van der Waals surface area contributed by atoms with Gasteiger partial charge in [-0.2, -0.15) is 5.10 Å². The Hall–Kier alpha value is -1.96. The Morgan fingerprint density at radius 1 is 1.65 bits per heavy atom. The van der Waals surface area contributed by atoms with Crippen LogP contribution >= 0.6 is 11.3 Å². The van der Waals surface area contributed by atoms with E-state index >= 15 is 0 Å². The van der Waals surface area contributed by atoms with E-state index in [0.29, 0.717) is 15.8 Å². The van der Waals surface area contributed by atoms with Gasteiger partial charge in [0.25, 0.3) is 0 Å². The number of aromatic amines is 1. The summed E-state index contributed by atoms with van der Waals surface area (Å²) in [6, 6.07) is -0.107. The van der Waals surface area contributed by atoms with Crippen LogP contribution in [-0.2, 0) is 0 Å². The molecule has 0 spiro atoms. The van der Waals surface area contributed by atoms with Crippen LogP contribution in [0.2, 0.25) is 0 Å². The minimum absolute atomic E-state index is 0.0854. The number of thiazole rings is 1. The third kappa shape index (κ3) is 2.41. The highest BCUT2D eigenvalue weighted by Gasteiger charge is 2.16. The van der Waals surface area contributed by atoms with Gasteiger partial charge in [0.05, 0.1) is 6.04 Å². The number of aromatic nitrogens is 4. The summed E-state index contributed by atoms with van der Waals surface area (Å²) in [4.78, 5) is 19.5. The first-order valence-corrected chi connectivity index (χ1v) is 5.72. The predicted octanol–water partition coefficient (Wildman–Crippen LogP) is 1.44. The highest BCUT2D eigenvalue weighted by molar-refractivity contribution is 7.15. The number of hydrogen-bond acceptors (Lipinski definition) is 6. The Morgan fingerprint density at radius 3 is 2.94 bits per heavy atom. The molecule has 90 valence electrons. The molecule has 0 radical (unpaired) electrons. The van der Waals surface area contributed by atoms with E-state index in [9.17, 15) is 4.79 Å². The largest absolute Gasteiger partial charge is 0.476 e. The fraction of sp³-hybridized carbons (Fsp3) is 0.333. The van der Waals surface area contributed by atoms with Crippen LogP contribution in [0.1, 0.15) is 34.2 Å². The van der Waals surface area contributed by atoms with Gasteiger partial charge < -0.3 is 10.4 Å². The lowest BCUT2D eigenvalue weighted by molar-refractivity contribution is 0.0690. The van der Waals surface area contributed by atoms with E-state index < -0.39 is 5.97 Å². The van der Waals surface area contributed by atoms with Gasteiger partial charge in [0, 0.05) is 4.88 Å². The SMILES string of the molecule is Cc1sc(NC(C)c2ncn[nH]2)nc1C(=O)O. The van der Waals surface area contributed by atoms with Crippen LogP contribution in [0, 0.1) is 6.92 Å². The smallest absolute Gasteiger partial charge is 0.355 e. The first kappa shape index (κ1) is 11.5. The van der Waals surface area contributed by atoms with Crippen LogP contribution in [-0.4, -0.2) is 31.2 Å². The van der Waals surface area contributed by atoms with Gasteiger partial charge in [-0.05, 0) is 13.8 Å². The standard InChI is InChI=1S/C9H11N5O2S/c1-4(7-10-3-11-14-7)12-9-13-6(8(15)16)5(2)17-9/h3-4H,1-2H3,(H,12,13)(H,15,16)(H,10,11,14). The number of aromatic carboxylic acids is 1. The average molecular weight is 253 g/mol. The molecule has 8 heteroatoms. The second-order valence-corrected chi connectivity index (χ2v) is 4.67. The van der Waals surface area contributed by atoms with Gasteiger partial charge in [-0.25, -0.2) is 14.8 Å². The van der Waals surface area contributed by atoms with Gasteiger partial charge >= 0.3 is 5.97 Å². The second kappa shape index (κ2) is 4.50. The summed E-state index contributed by atoms with van der Waals surface area (Å²) in [6.45, 7) is 3.61. The van der Waals surface area contributed by atoms with Crippen molar-refractivity contribution in [2.45, 2.75) is 19.9 Å². The first-order valence-electron chi connectivity index (χ1n) is 4.90. The normalized spacial score (nSPS) is 12.4. The molecule has 1 unspecified atom stereocenters. The topological polar surface area (TPSA) is 104 Å². The maximum atomic E-state index is 10.8. The number of carboxylic acids is 1. The molecule has 17 heavy (non-hydrogen) atoms. The summed E-state index contributed by atoms with van der Waals surface area (Å²) in [5.41, 5.74) is 0.0854. The zero-order chi connectivity index (χ0) is 12.4. The van der Waals surface area contributed by atoms with E-state index in [-0.39, 0.29) is 11.7 Å². The molecule has 0 amide bonds. The number of aryl methyl sites for hydroxylation is 1. The van der Waals surface area contributed by atoms with Crippen molar-refractivity contribution in [3.8, 4) is 0 Å².